The van der Waals surface area contributed by atoms with Crippen molar-refractivity contribution in [2.24, 2.45) is 0 Å². The molecule has 3 unspecified atom stereocenters. The average molecular weight is 894 g/mol. The largest absolute Gasteiger partial charge is 0.462 e. The van der Waals surface area contributed by atoms with Gasteiger partial charge in [-0.25, -0.2) is 0 Å². The number of rotatable bonds is 48. The highest BCUT2D eigenvalue weighted by molar-refractivity contribution is 5.77. The summed E-state index contributed by atoms with van der Waals surface area (Å²) in [5, 5.41) is 23.7. The van der Waals surface area contributed by atoms with Gasteiger partial charge in [-0.3, -0.25) is 9.59 Å². The summed E-state index contributed by atoms with van der Waals surface area (Å²) in [6.07, 6.45) is 65.5. The molecule has 0 radical (unpaired) electrons. The van der Waals surface area contributed by atoms with Crippen LogP contribution in [0.15, 0.2) is 72.9 Å². The van der Waals surface area contributed by atoms with E-state index in [1.165, 1.54) is 128 Å². The van der Waals surface area contributed by atoms with Crippen molar-refractivity contribution >= 4 is 11.9 Å². The standard InChI is InChI=1S/C58H103NO5/c1-4-7-10-13-16-19-21-23-25-27-28-30-32-34-36-39-42-45-48-51-58(63)64-54(49-46-43-40-38-35-33-31-29-26-24-22-20-17-14-11-8-5-2)52-57(62)59-55(53-60)56(61)50-47-44-41-37-18-15-12-9-6-3/h7,10,16,19,23,25,28,30,34,36,42,45,54-56,60-61H,4-6,8-9,11-15,17-18,20-22,24,26-27,29,31-33,35,37-41,43-44,46-53H2,1-3H3,(H,59,62)/b10-7-,19-16-,25-23-,30-28-,36-34-,45-42-. The van der Waals surface area contributed by atoms with Crippen molar-refractivity contribution in [3.63, 3.8) is 0 Å². The number of hydrogen-bond donors (Lipinski definition) is 3. The predicted molar refractivity (Wildman–Crippen MR) is 278 cm³/mol. The Labute approximate surface area is 396 Å². The summed E-state index contributed by atoms with van der Waals surface area (Å²) in [5.74, 6) is -0.569. The number of amides is 1. The van der Waals surface area contributed by atoms with E-state index in [2.05, 4.69) is 92.9 Å². The smallest absolute Gasteiger partial charge is 0.306 e. The van der Waals surface area contributed by atoms with E-state index in [9.17, 15) is 19.8 Å². The molecule has 0 fully saturated rings. The van der Waals surface area contributed by atoms with Gasteiger partial charge >= 0.3 is 5.97 Å². The van der Waals surface area contributed by atoms with Gasteiger partial charge in [0.15, 0.2) is 0 Å². The molecule has 3 N–H and O–H groups in total. The molecular formula is C58H103NO5. The van der Waals surface area contributed by atoms with E-state index >= 15 is 0 Å². The third kappa shape index (κ3) is 45.9. The van der Waals surface area contributed by atoms with Crippen molar-refractivity contribution in [1.29, 1.82) is 0 Å². The number of allylic oxidation sites excluding steroid dienone is 12. The fourth-order valence-corrected chi connectivity index (χ4v) is 7.99. The van der Waals surface area contributed by atoms with Crippen molar-refractivity contribution in [3.8, 4) is 0 Å². The lowest BCUT2D eigenvalue weighted by atomic mass is 10.0. The van der Waals surface area contributed by atoms with Gasteiger partial charge < -0.3 is 20.3 Å². The minimum absolute atomic E-state index is 0.0474. The minimum atomic E-state index is -0.800. The lowest BCUT2D eigenvalue weighted by Gasteiger charge is -2.24. The minimum Gasteiger partial charge on any atom is -0.462 e. The number of esters is 1. The molecular weight excluding hydrogens is 791 g/mol. The molecule has 370 valence electrons. The molecule has 0 spiro atoms. The molecule has 1 amide bonds. The third-order valence-corrected chi connectivity index (χ3v) is 12.1. The van der Waals surface area contributed by atoms with E-state index in [1.54, 1.807) is 0 Å². The number of aliphatic hydroxyl groups excluding tert-OH is 2. The highest BCUT2D eigenvalue weighted by Gasteiger charge is 2.24. The highest BCUT2D eigenvalue weighted by atomic mass is 16.5. The van der Waals surface area contributed by atoms with E-state index in [4.69, 9.17) is 4.74 Å². The fourth-order valence-electron chi connectivity index (χ4n) is 7.99. The molecule has 3 atom stereocenters. The molecule has 0 aromatic carbocycles. The lowest BCUT2D eigenvalue weighted by Crippen LogP contribution is -2.46. The van der Waals surface area contributed by atoms with E-state index in [0.29, 0.717) is 19.3 Å². The van der Waals surface area contributed by atoms with E-state index in [1.807, 2.05) is 6.08 Å². The summed E-state index contributed by atoms with van der Waals surface area (Å²) in [7, 11) is 0. The molecule has 0 saturated heterocycles. The average Bonchev–Trinajstić information content (AvgIpc) is 3.29. The van der Waals surface area contributed by atoms with Crippen molar-refractivity contribution in [3.05, 3.63) is 72.9 Å². The van der Waals surface area contributed by atoms with Gasteiger partial charge in [0.2, 0.25) is 5.91 Å². The predicted octanol–water partition coefficient (Wildman–Crippen LogP) is 16.6. The molecule has 0 aliphatic carbocycles. The Hall–Kier alpha value is -2.70. The Kier molecular flexibility index (Phi) is 49.1. The number of hydrogen-bond acceptors (Lipinski definition) is 5. The maximum absolute atomic E-state index is 13.2. The van der Waals surface area contributed by atoms with Crippen LogP contribution in [0.3, 0.4) is 0 Å². The van der Waals surface area contributed by atoms with Crippen LogP contribution in [0.2, 0.25) is 0 Å². The van der Waals surface area contributed by atoms with Crippen LogP contribution < -0.4 is 5.32 Å². The van der Waals surface area contributed by atoms with Crippen LogP contribution in [-0.4, -0.2) is 46.9 Å². The maximum atomic E-state index is 13.2. The van der Waals surface area contributed by atoms with Crippen molar-refractivity contribution in [2.75, 3.05) is 6.61 Å². The summed E-state index contributed by atoms with van der Waals surface area (Å²) in [5.41, 5.74) is 0. The zero-order chi connectivity index (χ0) is 46.7. The first-order chi connectivity index (χ1) is 31.5. The van der Waals surface area contributed by atoms with Crippen molar-refractivity contribution in [2.45, 2.75) is 277 Å². The molecule has 64 heavy (non-hydrogen) atoms. The summed E-state index contributed by atoms with van der Waals surface area (Å²) in [6, 6.07) is -0.716. The molecule has 0 heterocycles. The molecule has 0 saturated carbocycles. The number of unbranched alkanes of at least 4 members (excludes halogenated alkanes) is 24. The van der Waals surface area contributed by atoms with Gasteiger partial charge in [0.1, 0.15) is 6.10 Å². The Morgan fingerprint density at radius 1 is 0.469 bits per heavy atom. The Morgan fingerprint density at radius 2 is 0.812 bits per heavy atom. The van der Waals surface area contributed by atoms with Crippen LogP contribution in [0.4, 0.5) is 0 Å². The Morgan fingerprint density at radius 3 is 1.19 bits per heavy atom. The third-order valence-electron chi connectivity index (χ3n) is 12.1. The highest BCUT2D eigenvalue weighted by Crippen LogP contribution is 2.18. The van der Waals surface area contributed by atoms with Gasteiger partial charge in [0, 0.05) is 6.42 Å². The maximum Gasteiger partial charge on any atom is 0.306 e. The first-order valence-corrected chi connectivity index (χ1v) is 27.2. The summed E-state index contributed by atoms with van der Waals surface area (Å²) in [4.78, 5) is 26.1. The number of carbonyl (C=O) groups is 2. The molecule has 0 rings (SSSR count). The number of ether oxygens (including phenoxy) is 1. The van der Waals surface area contributed by atoms with Gasteiger partial charge in [-0.05, 0) is 64.2 Å². The van der Waals surface area contributed by atoms with E-state index in [-0.39, 0.29) is 31.3 Å². The van der Waals surface area contributed by atoms with Gasteiger partial charge in [0.05, 0.1) is 25.2 Å². The van der Waals surface area contributed by atoms with Gasteiger partial charge in [-0.2, -0.15) is 0 Å². The first kappa shape index (κ1) is 61.3. The second-order valence-electron chi connectivity index (χ2n) is 18.3. The lowest BCUT2D eigenvalue weighted by molar-refractivity contribution is -0.150. The summed E-state index contributed by atoms with van der Waals surface area (Å²) in [6.45, 7) is 6.35. The van der Waals surface area contributed by atoms with Crippen LogP contribution in [0.5, 0.6) is 0 Å². The fraction of sp³-hybridized carbons (Fsp3) is 0.759. The first-order valence-electron chi connectivity index (χ1n) is 27.2. The van der Waals surface area contributed by atoms with Crippen molar-refractivity contribution in [1.82, 2.24) is 5.32 Å². The van der Waals surface area contributed by atoms with E-state index in [0.717, 1.165) is 77.0 Å². The molecule has 6 nitrogen and oxygen atoms in total. The second-order valence-corrected chi connectivity index (χ2v) is 18.3. The molecule has 0 aliphatic heterocycles. The van der Waals surface area contributed by atoms with Crippen LogP contribution in [-0.2, 0) is 14.3 Å². The summed E-state index contributed by atoms with van der Waals surface area (Å²) < 4.78 is 5.91. The monoisotopic (exact) mass is 894 g/mol. The Balaban J connectivity index is 4.66. The second kappa shape index (κ2) is 51.3. The van der Waals surface area contributed by atoms with E-state index < -0.39 is 18.2 Å². The van der Waals surface area contributed by atoms with Crippen LogP contribution in [0.25, 0.3) is 0 Å². The molecule has 0 aromatic heterocycles. The number of carbonyl (C=O) groups excluding carboxylic acids is 2. The molecule has 6 heteroatoms. The number of nitrogens with one attached hydrogen (secondary N) is 1. The topological polar surface area (TPSA) is 95.9 Å². The zero-order valence-electron chi connectivity index (χ0n) is 42.1. The molecule has 0 aromatic rings. The van der Waals surface area contributed by atoms with Gasteiger partial charge in [0.25, 0.3) is 0 Å². The normalized spacial score (nSPS) is 13.8. The number of aliphatic hydroxyl groups is 2. The van der Waals surface area contributed by atoms with Crippen molar-refractivity contribution < 1.29 is 24.5 Å². The van der Waals surface area contributed by atoms with Crippen LogP contribution in [0.1, 0.15) is 258 Å². The quantitative estimate of drug-likeness (QED) is 0.0321. The zero-order valence-corrected chi connectivity index (χ0v) is 42.1. The summed E-state index contributed by atoms with van der Waals surface area (Å²) >= 11 is 0. The Bertz CT molecular complexity index is 1190. The molecule has 0 aliphatic rings. The SMILES string of the molecule is CC/C=C\C/C=C\C/C=C\C/C=C\C/C=C\C/C=C\CCC(=O)OC(CCCCCCCCCCCCCCCCCCC)CC(=O)NC(CO)C(O)CCCCCCCCCCC. The van der Waals surface area contributed by atoms with Gasteiger partial charge in [-0.15, -0.1) is 0 Å². The van der Waals surface area contributed by atoms with Crippen LogP contribution in [0, 0.1) is 0 Å². The molecule has 0 bridgehead atoms. The van der Waals surface area contributed by atoms with Crippen LogP contribution >= 0.6 is 0 Å². The van der Waals surface area contributed by atoms with Gasteiger partial charge in [-0.1, -0.05) is 254 Å².